The summed E-state index contributed by atoms with van der Waals surface area (Å²) in [6, 6.07) is 6.21. The van der Waals surface area contributed by atoms with Crippen LogP contribution in [0.15, 0.2) is 30.5 Å². The molecule has 1 N–H and O–H groups in total. The summed E-state index contributed by atoms with van der Waals surface area (Å²) in [5, 5.41) is 3.33. The van der Waals surface area contributed by atoms with Crippen LogP contribution in [0.3, 0.4) is 0 Å². The number of carbonyl (C=O) groups excluding carboxylic acids is 1. The monoisotopic (exact) mass is 435 g/mol. The molecule has 1 aliphatic heterocycles. The molecule has 1 aromatic heterocycles. The van der Waals surface area contributed by atoms with Crippen LogP contribution >= 0.6 is 0 Å². The van der Waals surface area contributed by atoms with E-state index in [2.05, 4.69) is 20.0 Å². The van der Waals surface area contributed by atoms with Crippen LogP contribution < -0.4 is 19.9 Å². The number of benzene rings is 1. The molecule has 1 aliphatic carbocycles. The smallest absolute Gasteiger partial charge is 0.406 e. The van der Waals surface area contributed by atoms with Crippen molar-refractivity contribution in [2.45, 2.75) is 45.0 Å². The first-order valence-electron chi connectivity index (χ1n) is 10.3. The lowest BCUT2D eigenvalue weighted by atomic mass is 9.76. The highest BCUT2D eigenvalue weighted by Gasteiger charge is 2.34. The second kappa shape index (κ2) is 8.24. The zero-order chi connectivity index (χ0) is 22.2. The largest absolute Gasteiger partial charge is 0.573 e. The maximum absolute atomic E-state index is 12.3. The first kappa shape index (κ1) is 21.2. The van der Waals surface area contributed by atoms with E-state index >= 15 is 0 Å². The van der Waals surface area contributed by atoms with Gasteiger partial charge < -0.3 is 19.9 Å². The lowest BCUT2D eigenvalue weighted by Gasteiger charge is -2.37. The predicted molar refractivity (Wildman–Crippen MR) is 110 cm³/mol. The van der Waals surface area contributed by atoms with E-state index in [1.807, 2.05) is 18.7 Å². The van der Waals surface area contributed by atoms with Gasteiger partial charge in [0.05, 0.1) is 12.7 Å². The van der Waals surface area contributed by atoms with E-state index < -0.39 is 6.36 Å². The fraction of sp³-hybridized carbons (Fsp3) is 0.476. The standard InChI is InChI=1S/C21H24F3N5O2/c1-3-28-12-18(30)29(4-2)17-11-25-20(27-19(17)28)26-15-9-14(10-15)13-5-7-16(8-6-13)31-21(22,23)24/h5-8,11,14-15H,3-4,9-10,12H2,1-2H3,(H,25,26,27). The van der Waals surface area contributed by atoms with Gasteiger partial charge in [-0.3, -0.25) is 4.79 Å². The normalized spacial score (nSPS) is 20.9. The van der Waals surface area contributed by atoms with Crippen molar-refractivity contribution in [2.24, 2.45) is 0 Å². The highest BCUT2D eigenvalue weighted by molar-refractivity contribution is 6.02. The molecule has 1 amide bonds. The number of nitrogens with one attached hydrogen (secondary N) is 1. The highest BCUT2D eigenvalue weighted by Crippen LogP contribution is 2.39. The molecule has 2 aromatic rings. The molecule has 10 heteroatoms. The number of aromatic nitrogens is 2. The van der Waals surface area contributed by atoms with E-state index in [1.54, 1.807) is 23.2 Å². The molecule has 1 aromatic carbocycles. The summed E-state index contributed by atoms with van der Waals surface area (Å²) < 4.78 is 40.8. The van der Waals surface area contributed by atoms with Crippen LogP contribution in [0.2, 0.25) is 0 Å². The molecule has 0 bridgehead atoms. The number of halogens is 3. The van der Waals surface area contributed by atoms with Gasteiger partial charge in [-0.1, -0.05) is 12.1 Å². The van der Waals surface area contributed by atoms with Crippen molar-refractivity contribution in [2.75, 3.05) is 34.8 Å². The average molecular weight is 435 g/mol. The second-order valence-corrected chi connectivity index (χ2v) is 7.68. The van der Waals surface area contributed by atoms with Gasteiger partial charge in [-0.05, 0) is 50.3 Å². The zero-order valence-electron chi connectivity index (χ0n) is 17.3. The molecule has 31 heavy (non-hydrogen) atoms. The highest BCUT2D eigenvalue weighted by atomic mass is 19.4. The van der Waals surface area contributed by atoms with Gasteiger partial charge in [-0.15, -0.1) is 13.2 Å². The molecule has 0 saturated heterocycles. The summed E-state index contributed by atoms with van der Waals surface area (Å²) in [5.41, 5.74) is 1.70. The van der Waals surface area contributed by atoms with Crippen molar-refractivity contribution in [3.05, 3.63) is 36.0 Å². The summed E-state index contributed by atoms with van der Waals surface area (Å²) in [6.07, 6.45) is -1.34. The first-order valence-corrected chi connectivity index (χ1v) is 10.3. The van der Waals surface area contributed by atoms with E-state index in [9.17, 15) is 18.0 Å². The molecule has 0 atom stereocenters. The van der Waals surface area contributed by atoms with Crippen LogP contribution in [0.25, 0.3) is 0 Å². The van der Waals surface area contributed by atoms with Gasteiger partial charge in [-0.25, -0.2) is 4.98 Å². The second-order valence-electron chi connectivity index (χ2n) is 7.68. The molecule has 0 radical (unpaired) electrons. The van der Waals surface area contributed by atoms with Crippen LogP contribution in [0.5, 0.6) is 5.75 Å². The average Bonchev–Trinajstić information content (AvgIpc) is 2.69. The van der Waals surface area contributed by atoms with Gasteiger partial charge in [0.25, 0.3) is 0 Å². The lowest BCUT2D eigenvalue weighted by Crippen LogP contribution is -2.46. The summed E-state index contributed by atoms with van der Waals surface area (Å²) in [6.45, 7) is 5.44. The number of carbonyl (C=O) groups is 1. The van der Waals surface area contributed by atoms with Crippen LogP contribution in [0.4, 0.5) is 30.6 Å². The van der Waals surface area contributed by atoms with Gasteiger partial charge >= 0.3 is 6.36 Å². The minimum atomic E-state index is -4.68. The van der Waals surface area contributed by atoms with E-state index in [1.165, 1.54) is 12.1 Å². The Hall–Kier alpha value is -3.04. The molecular formula is C21H24F3N5O2. The maximum atomic E-state index is 12.3. The number of fused-ring (bicyclic) bond motifs is 1. The molecule has 0 spiro atoms. The summed E-state index contributed by atoms with van der Waals surface area (Å²) in [7, 11) is 0. The number of likely N-dealkylation sites (N-methyl/N-ethyl adjacent to an activating group) is 2. The van der Waals surface area contributed by atoms with Crippen LogP contribution in [0.1, 0.15) is 38.2 Å². The molecule has 2 aliphatic rings. The molecule has 166 valence electrons. The Balaban J connectivity index is 1.38. The van der Waals surface area contributed by atoms with Crippen molar-refractivity contribution in [1.29, 1.82) is 0 Å². The molecular weight excluding hydrogens is 411 g/mol. The zero-order valence-corrected chi connectivity index (χ0v) is 17.3. The number of nitrogens with zero attached hydrogens (tertiary/aromatic N) is 4. The third-order valence-corrected chi connectivity index (χ3v) is 5.72. The molecule has 7 nitrogen and oxygen atoms in total. The minimum Gasteiger partial charge on any atom is -0.406 e. The molecule has 1 saturated carbocycles. The van der Waals surface area contributed by atoms with Gasteiger partial charge in [0.2, 0.25) is 11.9 Å². The van der Waals surface area contributed by atoms with Gasteiger partial charge in [0.15, 0.2) is 5.82 Å². The number of ether oxygens (including phenoxy) is 1. The van der Waals surface area contributed by atoms with Crippen molar-refractivity contribution in [3.63, 3.8) is 0 Å². The van der Waals surface area contributed by atoms with Crippen molar-refractivity contribution in [3.8, 4) is 5.75 Å². The first-order chi connectivity index (χ1) is 14.8. The Kier molecular flexibility index (Phi) is 5.63. The topological polar surface area (TPSA) is 70.6 Å². The summed E-state index contributed by atoms with van der Waals surface area (Å²) in [5.74, 6) is 1.34. The van der Waals surface area contributed by atoms with Crippen LogP contribution in [-0.4, -0.2) is 47.9 Å². The number of hydrogen-bond acceptors (Lipinski definition) is 6. The number of amides is 1. The maximum Gasteiger partial charge on any atom is 0.573 e. The van der Waals surface area contributed by atoms with E-state index in [0.29, 0.717) is 25.6 Å². The quantitative estimate of drug-likeness (QED) is 0.742. The number of hydrogen-bond donors (Lipinski definition) is 1. The van der Waals surface area contributed by atoms with E-state index in [-0.39, 0.29) is 23.6 Å². The van der Waals surface area contributed by atoms with Gasteiger partial charge in [-0.2, -0.15) is 4.98 Å². The number of alkyl halides is 3. The fourth-order valence-corrected chi connectivity index (χ4v) is 4.06. The van der Waals surface area contributed by atoms with E-state index in [0.717, 1.165) is 29.9 Å². The molecule has 4 rings (SSSR count). The SMILES string of the molecule is CCN1CC(=O)N(CC)c2cnc(NC3CC(c4ccc(OC(F)(F)F)cc4)C3)nc21. The molecule has 2 heterocycles. The van der Waals surface area contributed by atoms with Gasteiger partial charge in [0.1, 0.15) is 11.4 Å². The third-order valence-electron chi connectivity index (χ3n) is 5.72. The molecule has 1 fully saturated rings. The third kappa shape index (κ3) is 4.52. The Labute approximate surface area is 178 Å². The van der Waals surface area contributed by atoms with Crippen LogP contribution in [0, 0.1) is 0 Å². The number of rotatable bonds is 6. The minimum absolute atomic E-state index is 0.0367. The Morgan fingerprint density at radius 1 is 1.16 bits per heavy atom. The molecule has 0 unspecified atom stereocenters. The van der Waals surface area contributed by atoms with Crippen LogP contribution in [-0.2, 0) is 4.79 Å². The van der Waals surface area contributed by atoms with Crippen molar-refractivity contribution >= 4 is 23.4 Å². The van der Waals surface area contributed by atoms with E-state index in [4.69, 9.17) is 0 Å². The van der Waals surface area contributed by atoms with Crippen molar-refractivity contribution in [1.82, 2.24) is 9.97 Å². The predicted octanol–water partition coefficient (Wildman–Crippen LogP) is 3.93. The summed E-state index contributed by atoms with van der Waals surface area (Å²) >= 11 is 0. The Bertz CT molecular complexity index is 945. The van der Waals surface area contributed by atoms with Gasteiger partial charge in [0, 0.05) is 19.1 Å². The van der Waals surface area contributed by atoms with Crippen molar-refractivity contribution < 1.29 is 22.7 Å². The Morgan fingerprint density at radius 2 is 1.87 bits per heavy atom. The summed E-state index contributed by atoms with van der Waals surface area (Å²) in [4.78, 5) is 25.0. The number of anilines is 3. The lowest BCUT2D eigenvalue weighted by molar-refractivity contribution is -0.274. The fourth-order valence-electron chi connectivity index (χ4n) is 4.06. The Morgan fingerprint density at radius 3 is 2.48 bits per heavy atom.